The van der Waals surface area contributed by atoms with Gasteiger partial charge in [-0.25, -0.2) is 0 Å². The van der Waals surface area contributed by atoms with Crippen molar-refractivity contribution in [3.63, 3.8) is 0 Å². The fraction of sp³-hybridized carbons (Fsp3) is 0.625. The van der Waals surface area contributed by atoms with E-state index in [2.05, 4.69) is 44.2 Å². The van der Waals surface area contributed by atoms with Gasteiger partial charge in [-0.1, -0.05) is 31.9 Å². The van der Waals surface area contributed by atoms with E-state index in [4.69, 9.17) is 11.6 Å². The van der Waals surface area contributed by atoms with Crippen LogP contribution in [0.3, 0.4) is 0 Å². The van der Waals surface area contributed by atoms with Gasteiger partial charge in [0.25, 0.3) is 0 Å². The largest absolute Gasteiger partial charge is 0.380 e. The van der Waals surface area contributed by atoms with Crippen LogP contribution in [0.1, 0.15) is 33.1 Å². The first kappa shape index (κ1) is 14.5. The third-order valence-electron chi connectivity index (χ3n) is 4.24. The van der Waals surface area contributed by atoms with E-state index in [0.717, 1.165) is 22.5 Å². The zero-order valence-electron chi connectivity index (χ0n) is 12.4. The van der Waals surface area contributed by atoms with E-state index in [1.54, 1.807) is 0 Å². The zero-order chi connectivity index (χ0) is 14.0. The van der Waals surface area contributed by atoms with Crippen molar-refractivity contribution in [2.75, 3.05) is 24.3 Å². The molecule has 2 rings (SSSR count). The molecule has 0 bridgehead atoms. The van der Waals surface area contributed by atoms with Gasteiger partial charge in [-0.2, -0.15) is 0 Å². The lowest BCUT2D eigenvalue weighted by atomic mass is 9.80. The average Bonchev–Trinajstić information content (AvgIpc) is 2.33. The number of anilines is 2. The van der Waals surface area contributed by atoms with Crippen molar-refractivity contribution in [2.45, 2.75) is 39.2 Å². The molecule has 106 valence electrons. The Morgan fingerprint density at radius 3 is 2.63 bits per heavy atom. The maximum Gasteiger partial charge on any atom is 0.0597 e. The molecule has 1 N–H and O–H groups in total. The highest BCUT2D eigenvalue weighted by atomic mass is 35.5. The van der Waals surface area contributed by atoms with Gasteiger partial charge >= 0.3 is 0 Å². The molecule has 0 spiro atoms. The Kier molecular flexibility index (Phi) is 4.62. The van der Waals surface area contributed by atoms with E-state index in [1.807, 2.05) is 12.1 Å². The summed E-state index contributed by atoms with van der Waals surface area (Å²) in [7, 11) is 4.14. The number of halogens is 1. The lowest BCUT2D eigenvalue weighted by Crippen LogP contribution is -2.34. The monoisotopic (exact) mass is 280 g/mol. The Bertz CT molecular complexity index is 431. The molecular formula is C16H25ClN2. The smallest absolute Gasteiger partial charge is 0.0597 e. The molecule has 1 aromatic carbocycles. The van der Waals surface area contributed by atoms with Crippen molar-refractivity contribution in [1.82, 2.24) is 0 Å². The number of nitrogens with one attached hydrogen (secondary N) is 1. The summed E-state index contributed by atoms with van der Waals surface area (Å²) in [5.74, 6) is 1.54. The van der Waals surface area contributed by atoms with Crippen molar-refractivity contribution < 1.29 is 0 Å². The molecule has 19 heavy (non-hydrogen) atoms. The normalized spacial score (nSPS) is 27.1. The number of hydrogen-bond acceptors (Lipinski definition) is 2. The minimum absolute atomic E-state index is 0.556. The van der Waals surface area contributed by atoms with Crippen molar-refractivity contribution in [3.8, 4) is 0 Å². The maximum atomic E-state index is 6.15. The van der Waals surface area contributed by atoms with Crippen molar-refractivity contribution >= 4 is 23.0 Å². The summed E-state index contributed by atoms with van der Waals surface area (Å²) in [4.78, 5) is 2.13. The molecule has 0 heterocycles. The number of hydrogen-bond donors (Lipinski definition) is 1. The zero-order valence-corrected chi connectivity index (χ0v) is 13.2. The molecule has 1 saturated carbocycles. The number of benzene rings is 1. The van der Waals surface area contributed by atoms with Crippen LogP contribution < -0.4 is 10.2 Å². The van der Waals surface area contributed by atoms with Crippen LogP contribution >= 0.6 is 11.6 Å². The first-order valence-electron chi connectivity index (χ1n) is 7.20. The van der Waals surface area contributed by atoms with Crippen LogP contribution in [0.15, 0.2) is 18.2 Å². The van der Waals surface area contributed by atoms with Crippen LogP contribution in [-0.2, 0) is 0 Å². The Balaban J connectivity index is 2.19. The molecule has 0 radical (unpaired) electrons. The topological polar surface area (TPSA) is 15.3 Å². The predicted octanol–water partition coefficient (Wildman–Crippen LogP) is 4.64. The quantitative estimate of drug-likeness (QED) is 0.867. The van der Waals surface area contributed by atoms with Gasteiger partial charge in [-0.15, -0.1) is 0 Å². The van der Waals surface area contributed by atoms with Crippen LogP contribution in [0.4, 0.5) is 11.4 Å². The van der Waals surface area contributed by atoms with E-state index in [0.29, 0.717) is 6.04 Å². The van der Waals surface area contributed by atoms with E-state index in [-0.39, 0.29) is 0 Å². The highest BCUT2D eigenvalue weighted by Gasteiger charge is 2.26. The molecule has 2 nitrogen and oxygen atoms in total. The van der Waals surface area contributed by atoms with Gasteiger partial charge < -0.3 is 10.2 Å². The summed E-state index contributed by atoms with van der Waals surface area (Å²) in [5, 5.41) is 4.52. The summed E-state index contributed by atoms with van der Waals surface area (Å²) >= 11 is 6.15. The fourth-order valence-corrected chi connectivity index (χ4v) is 3.12. The minimum atomic E-state index is 0.556. The minimum Gasteiger partial charge on any atom is -0.380 e. The van der Waals surface area contributed by atoms with Crippen LogP contribution in [-0.4, -0.2) is 20.1 Å². The average molecular weight is 281 g/mol. The second-order valence-corrected chi connectivity index (χ2v) is 6.64. The Hall–Kier alpha value is -0.890. The molecule has 3 atom stereocenters. The van der Waals surface area contributed by atoms with Gasteiger partial charge in [0.2, 0.25) is 0 Å². The predicted molar refractivity (Wildman–Crippen MR) is 85.4 cm³/mol. The van der Waals surface area contributed by atoms with E-state index in [1.165, 1.54) is 24.9 Å². The van der Waals surface area contributed by atoms with Crippen LogP contribution in [0, 0.1) is 11.8 Å². The van der Waals surface area contributed by atoms with E-state index < -0.39 is 0 Å². The van der Waals surface area contributed by atoms with Crippen LogP contribution in [0.25, 0.3) is 0 Å². The van der Waals surface area contributed by atoms with Crippen LogP contribution in [0.2, 0.25) is 5.02 Å². The standard InChI is InChI=1S/C16H25ClN2/c1-11-5-6-12(2)14(9-11)18-15-10-13(17)7-8-16(15)19(3)4/h7-8,10-12,14,18H,5-6,9H2,1-4H3. The second kappa shape index (κ2) is 6.04. The van der Waals surface area contributed by atoms with Crippen molar-refractivity contribution in [3.05, 3.63) is 23.2 Å². The molecule has 3 unspecified atom stereocenters. The Morgan fingerprint density at radius 1 is 1.21 bits per heavy atom. The van der Waals surface area contributed by atoms with Crippen molar-refractivity contribution in [2.24, 2.45) is 11.8 Å². The molecule has 1 fully saturated rings. The molecule has 1 aliphatic carbocycles. The summed E-state index contributed by atoms with van der Waals surface area (Å²) < 4.78 is 0. The maximum absolute atomic E-state index is 6.15. The van der Waals surface area contributed by atoms with Gasteiger partial charge in [0.1, 0.15) is 0 Å². The summed E-state index contributed by atoms with van der Waals surface area (Å²) in [5.41, 5.74) is 2.36. The Morgan fingerprint density at radius 2 is 1.95 bits per heavy atom. The number of nitrogens with zero attached hydrogens (tertiary/aromatic N) is 1. The van der Waals surface area contributed by atoms with Crippen LogP contribution in [0.5, 0.6) is 0 Å². The van der Waals surface area contributed by atoms with Gasteiger partial charge in [-0.05, 0) is 42.9 Å². The summed E-state index contributed by atoms with van der Waals surface area (Å²) in [6, 6.07) is 6.64. The second-order valence-electron chi connectivity index (χ2n) is 6.20. The molecule has 0 aromatic heterocycles. The molecular weight excluding hydrogens is 256 g/mol. The molecule has 3 heteroatoms. The van der Waals surface area contributed by atoms with Gasteiger partial charge in [0.05, 0.1) is 11.4 Å². The van der Waals surface area contributed by atoms with Gasteiger partial charge in [0, 0.05) is 25.2 Å². The highest BCUT2D eigenvalue weighted by Crippen LogP contribution is 2.34. The lowest BCUT2D eigenvalue weighted by Gasteiger charge is -2.35. The molecule has 0 amide bonds. The fourth-order valence-electron chi connectivity index (χ4n) is 2.95. The lowest BCUT2D eigenvalue weighted by molar-refractivity contribution is 0.281. The Labute approximate surface area is 122 Å². The molecule has 0 aliphatic heterocycles. The highest BCUT2D eigenvalue weighted by molar-refractivity contribution is 6.31. The van der Waals surface area contributed by atoms with Gasteiger partial charge in [-0.3, -0.25) is 0 Å². The third-order valence-corrected chi connectivity index (χ3v) is 4.47. The van der Waals surface area contributed by atoms with Gasteiger partial charge in [0.15, 0.2) is 0 Å². The first-order valence-corrected chi connectivity index (χ1v) is 7.58. The molecule has 1 aliphatic rings. The SMILES string of the molecule is CC1CCC(C)C(Nc2cc(Cl)ccc2N(C)C)C1. The first-order chi connectivity index (χ1) is 8.97. The molecule has 0 saturated heterocycles. The van der Waals surface area contributed by atoms with E-state index in [9.17, 15) is 0 Å². The van der Waals surface area contributed by atoms with E-state index >= 15 is 0 Å². The van der Waals surface area contributed by atoms with Crippen molar-refractivity contribution in [1.29, 1.82) is 0 Å². The summed E-state index contributed by atoms with van der Waals surface area (Å²) in [6.07, 6.45) is 3.92. The number of rotatable bonds is 3. The third kappa shape index (κ3) is 3.56. The molecule has 1 aromatic rings. The summed E-state index contributed by atoms with van der Waals surface area (Å²) in [6.45, 7) is 4.70.